The highest BCUT2D eigenvalue weighted by atomic mass is 32.2. The molecule has 3 rings (SSSR count). The summed E-state index contributed by atoms with van der Waals surface area (Å²) in [6.45, 7) is 5.79. The van der Waals surface area contributed by atoms with Crippen LogP contribution in [-0.4, -0.2) is 37.4 Å². The summed E-state index contributed by atoms with van der Waals surface area (Å²) in [6, 6.07) is 3.21. The molecular weight excluding hydrogens is 386 g/mol. The minimum Gasteiger partial charge on any atom is -0.351 e. The van der Waals surface area contributed by atoms with Crippen LogP contribution >= 0.6 is 11.3 Å². The average Bonchev–Trinajstić information content (AvgIpc) is 3.11. The first kappa shape index (κ1) is 19.6. The van der Waals surface area contributed by atoms with Crippen molar-refractivity contribution in [3.63, 3.8) is 0 Å². The van der Waals surface area contributed by atoms with Crippen LogP contribution < -0.4 is 14.9 Å². The molecule has 0 aliphatic carbocycles. The highest BCUT2D eigenvalue weighted by Gasteiger charge is 2.20. The van der Waals surface area contributed by atoms with Gasteiger partial charge in [0.15, 0.2) is 0 Å². The lowest BCUT2D eigenvalue weighted by Gasteiger charge is -2.30. The molecule has 0 radical (unpaired) electrons. The van der Waals surface area contributed by atoms with Crippen LogP contribution in [-0.2, 0) is 21.4 Å². The monoisotopic (exact) mass is 409 g/mol. The van der Waals surface area contributed by atoms with Crippen molar-refractivity contribution in [2.24, 2.45) is 5.92 Å². The zero-order valence-electron chi connectivity index (χ0n) is 15.3. The Hall–Kier alpha value is -2.20. The minimum atomic E-state index is -3.71. The van der Waals surface area contributed by atoms with Gasteiger partial charge in [-0.05, 0) is 30.9 Å². The molecule has 1 aliphatic heterocycles. The first-order valence-electron chi connectivity index (χ1n) is 8.76. The summed E-state index contributed by atoms with van der Waals surface area (Å²) >= 11 is 1.11. The number of amides is 1. The van der Waals surface area contributed by atoms with E-state index < -0.39 is 10.0 Å². The van der Waals surface area contributed by atoms with Gasteiger partial charge in [-0.15, -0.1) is 11.3 Å². The average molecular weight is 410 g/mol. The maximum atomic E-state index is 12.5. The van der Waals surface area contributed by atoms with Crippen LogP contribution in [0.2, 0.25) is 0 Å². The molecule has 0 atom stereocenters. The molecule has 0 bridgehead atoms. The predicted molar refractivity (Wildman–Crippen MR) is 105 cm³/mol. The van der Waals surface area contributed by atoms with Crippen molar-refractivity contribution in [1.29, 1.82) is 0 Å². The highest BCUT2D eigenvalue weighted by molar-refractivity contribution is 7.94. The van der Waals surface area contributed by atoms with E-state index >= 15 is 0 Å². The Balaban J connectivity index is 1.64. The molecule has 1 aliphatic rings. The molecule has 1 saturated heterocycles. The van der Waals surface area contributed by atoms with E-state index in [2.05, 4.69) is 31.8 Å². The lowest BCUT2D eigenvalue weighted by molar-refractivity contribution is -0.119. The second kappa shape index (κ2) is 8.22. The largest absolute Gasteiger partial charge is 0.351 e. The topological polar surface area (TPSA) is 104 Å². The van der Waals surface area contributed by atoms with Gasteiger partial charge in [0, 0.05) is 24.9 Å². The van der Waals surface area contributed by atoms with E-state index in [9.17, 15) is 13.2 Å². The Morgan fingerprint density at radius 1 is 1.26 bits per heavy atom. The molecular formula is C17H23N5O3S2. The highest BCUT2D eigenvalue weighted by Crippen LogP contribution is 2.25. The number of anilines is 2. The zero-order valence-corrected chi connectivity index (χ0v) is 16.9. The summed E-state index contributed by atoms with van der Waals surface area (Å²) in [5.41, 5.74) is 0.320. The third-order valence-electron chi connectivity index (χ3n) is 4.37. The molecule has 2 aromatic rings. The molecule has 146 valence electrons. The quantitative estimate of drug-likeness (QED) is 0.758. The number of nitrogens with zero attached hydrogens (tertiary/aromatic N) is 3. The number of piperidine rings is 1. The first-order chi connectivity index (χ1) is 12.8. The van der Waals surface area contributed by atoms with Crippen molar-refractivity contribution >= 4 is 38.9 Å². The second-order valence-electron chi connectivity index (χ2n) is 6.68. The Kier molecular flexibility index (Phi) is 5.95. The molecule has 0 aromatic carbocycles. The van der Waals surface area contributed by atoms with Crippen LogP contribution in [0.3, 0.4) is 0 Å². The van der Waals surface area contributed by atoms with Crippen LogP contribution in [0.5, 0.6) is 0 Å². The molecule has 27 heavy (non-hydrogen) atoms. The number of aromatic nitrogens is 2. The van der Waals surface area contributed by atoms with Gasteiger partial charge in [0.25, 0.3) is 10.0 Å². The minimum absolute atomic E-state index is 0.161. The lowest BCUT2D eigenvalue weighted by Crippen LogP contribution is -2.34. The fourth-order valence-corrected chi connectivity index (χ4v) is 5.08. The maximum Gasteiger partial charge on any atom is 0.271 e. The van der Waals surface area contributed by atoms with Crippen molar-refractivity contribution in [3.8, 4) is 0 Å². The van der Waals surface area contributed by atoms with Gasteiger partial charge in [0.2, 0.25) is 11.9 Å². The van der Waals surface area contributed by atoms with E-state index in [4.69, 9.17) is 0 Å². The van der Waals surface area contributed by atoms with Crippen LogP contribution in [0.1, 0.15) is 31.6 Å². The normalized spacial score (nSPS) is 15.6. The van der Waals surface area contributed by atoms with Gasteiger partial charge in [-0.25, -0.2) is 18.4 Å². The number of thiophene rings is 1. The number of hydrogen-bond donors (Lipinski definition) is 2. The number of carbonyl (C=O) groups is 1. The molecule has 0 spiro atoms. The van der Waals surface area contributed by atoms with Gasteiger partial charge in [0.1, 0.15) is 4.21 Å². The van der Waals surface area contributed by atoms with Crippen LogP contribution in [0.25, 0.3) is 0 Å². The fraction of sp³-hybridized carbons (Fsp3) is 0.471. The third-order valence-corrected chi connectivity index (χ3v) is 7.33. The smallest absolute Gasteiger partial charge is 0.271 e. The molecule has 1 fully saturated rings. The maximum absolute atomic E-state index is 12.5. The third kappa shape index (κ3) is 5.16. The summed E-state index contributed by atoms with van der Waals surface area (Å²) in [4.78, 5) is 22.4. The molecule has 3 heterocycles. The van der Waals surface area contributed by atoms with E-state index in [-0.39, 0.29) is 10.1 Å². The number of rotatable bonds is 6. The van der Waals surface area contributed by atoms with Crippen LogP contribution in [0.4, 0.5) is 11.6 Å². The standard InChI is InChI=1S/C17H23N5O3S2/c1-12-5-7-22(8-6-12)17-19-9-14(10-20-17)21-27(24,25)16-4-3-15(26-16)11-18-13(2)23/h3-4,9-10,12,21H,5-8,11H2,1-2H3,(H,18,23). The lowest BCUT2D eigenvalue weighted by atomic mass is 10.00. The molecule has 8 nitrogen and oxygen atoms in total. The SMILES string of the molecule is CC(=O)NCc1ccc(S(=O)(=O)Nc2cnc(N3CCC(C)CC3)nc2)s1. The number of hydrogen-bond acceptors (Lipinski definition) is 7. The summed E-state index contributed by atoms with van der Waals surface area (Å²) in [7, 11) is -3.71. The molecule has 0 saturated carbocycles. The Labute approximate surface area is 163 Å². The number of carbonyl (C=O) groups excluding carboxylic acids is 1. The van der Waals surface area contributed by atoms with Gasteiger partial charge in [-0.1, -0.05) is 6.92 Å². The van der Waals surface area contributed by atoms with Gasteiger partial charge < -0.3 is 10.2 Å². The summed E-state index contributed by atoms with van der Waals surface area (Å²) in [6.07, 6.45) is 5.20. The summed E-state index contributed by atoms with van der Waals surface area (Å²) in [5, 5.41) is 2.65. The van der Waals surface area contributed by atoms with Crippen molar-refractivity contribution in [3.05, 3.63) is 29.4 Å². The van der Waals surface area contributed by atoms with Gasteiger partial charge in [-0.2, -0.15) is 0 Å². The summed E-state index contributed by atoms with van der Waals surface area (Å²) in [5.74, 6) is 1.18. The van der Waals surface area contributed by atoms with E-state index in [1.54, 1.807) is 6.07 Å². The number of sulfonamides is 1. The van der Waals surface area contributed by atoms with E-state index in [1.165, 1.54) is 25.4 Å². The van der Waals surface area contributed by atoms with Gasteiger partial charge >= 0.3 is 0 Å². The van der Waals surface area contributed by atoms with Crippen molar-refractivity contribution in [1.82, 2.24) is 15.3 Å². The van der Waals surface area contributed by atoms with Gasteiger partial charge in [0.05, 0.1) is 24.6 Å². The van der Waals surface area contributed by atoms with Crippen LogP contribution in [0.15, 0.2) is 28.7 Å². The van der Waals surface area contributed by atoms with E-state index in [0.29, 0.717) is 24.1 Å². The Bertz CT molecular complexity index is 888. The summed E-state index contributed by atoms with van der Waals surface area (Å²) < 4.78 is 27.7. The van der Waals surface area contributed by atoms with E-state index in [0.717, 1.165) is 42.1 Å². The molecule has 1 amide bonds. The Morgan fingerprint density at radius 2 is 1.93 bits per heavy atom. The number of nitrogens with one attached hydrogen (secondary N) is 2. The van der Waals surface area contributed by atoms with Crippen molar-refractivity contribution < 1.29 is 13.2 Å². The van der Waals surface area contributed by atoms with E-state index in [1.807, 2.05) is 0 Å². The fourth-order valence-electron chi connectivity index (χ4n) is 2.76. The molecule has 0 unspecified atom stereocenters. The van der Waals surface area contributed by atoms with Crippen LogP contribution in [0, 0.1) is 5.92 Å². The first-order valence-corrected chi connectivity index (χ1v) is 11.1. The second-order valence-corrected chi connectivity index (χ2v) is 9.75. The molecule has 2 N–H and O–H groups in total. The molecule has 10 heteroatoms. The van der Waals surface area contributed by atoms with Gasteiger partial charge in [-0.3, -0.25) is 9.52 Å². The zero-order chi connectivity index (χ0) is 19.4. The van der Waals surface area contributed by atoms with Crippen molar-refractivity contribution in [2.45, 2.75) is 37.4 Å². The predicted octanol–water partition coefficient (Wildman–Crippen LogP) is 2.21. The van der Waals surface area contributed by atoms with Crippen molar-refractivity contribution in [2.75, 3.05) is 22.7 Å². The Morgan fingerprint density at radius 3 is 2.56 bits per heavy atom. The molecule has 2 aromatic heterocycles.